The maximum Gasteiger partial charge on any atom is 0.237 e. The Kier molecular flexibility index (Phi) is 5.39. The molecule has 2 unspecified atom stereocenters. The number of carbonyl (C=O) groups excluding carboxylic acids is 1. The summed E-state index contributed by atoms with van der Waals surface area (Å²) in [6.45, 7) is 5.52. The van der Waals surface area contributed by atoms with Crippen LogP contribution < -0.4 is 5.32 Å². The second-order valence-electron chi connectivity index (χ2n) is 4.73. The SMILES string of the molecule is CCC(C#N)C(=O)NCC1CN(C)CCN1C. The summed E-state index contributed by atoms with van der Waals surface area (Å²) in [6, 6.07) is 2.36. The first-order valence-electron chi connectivity index (χ1n) is 6.14. The Labute approximate surface area is 103 Å². The van der Waals surface area contributed by atoms with E-state index in [9.17, 15) is 4.79 Å². The number of likely N-dealkylation sites (N-methyl/N-ethyl adjacent to an activating group) is 2. The van der Waals surface area contributed by atoms with E-state index in [1.54, 1.807) is 0 Å². The normalized spacial score (nSPS) is 24.0. The molecule has 0 spiro atoms. The van der Waals surface area contributed by atoms with Gasteiger partial charge in [0.25, 0.3) is 0 Å². The minimum absolute atomic E-state index is 0.142. The molecule has 0 radical (unpaired) electrons. The van der Waals surface area contributed by atoms with E-state index in [-0.39, 0.29) is 5.91 Å². The minimum Gasteiger partial charge on any atom is -0.353 e. The van der Waals surface area contributed by atoms with Gasteiger partial charge in [-0.2, -0.15) is 5.26 Å². The van der Waals surface area contributed by atoms with Crippen molar-refractivity contribution in [3.63, 3.8) is 0 Å². The van der Waals surface area contributed by atoms with Crippen molar-refractivity contribution < 1.29 is 4.79 Å². The molecule has 0 bridgehead atoms. The van der Waals surface area contributed by atoms with E-state index in [1.807, 2.05) is 13.0 Å². The van der Waals surface area contributed by atoms with Gasteiger partial charge in [-0.15, -0.1) is 0 Å². The maximum atomic E-state index is 11.7. The quantitative estimate of drug-likeness (QED) is 0.743. The van der Waals surface area contributed by atoms with Crippen molar-refractivity contribution in [1.29, 1.82) is 5.26 Å². The van der Waals surface area contributed by atoms with Gasteiger partial charge in [-0.1, -0.05) is 6.92 Å². The Balaban J connectivity index is 2.39. The van der Waals surface area contributed by atoms with Crippen LogP contribution in [0.25, 0.3) is 0 Å². The average molecular weight is 238 g/mol. The van der Waals surface area contributed by atoms with Crippen molar-refractivity contribution in [3.8, 4) is 6.07 Å². The lowest BCUT2D eigenvalue weighted by molar-refractivity contribution is -0.123. The average Bonchev–Trinajstić information content (AvgIpc) is 2.32. The van der Waals surface area contributed by atoms with E-state index in [4.69, 9.17) is 5.26 Å². The Morgan fingerprint density at radius 1 is 1.53 bits per heavy atom. The Morgan fingerprint density at radius 2 is 2.24 bits per heavy atom. The first-order valence-corrected chi connectivity index (χ1v) is 6.14. The first-order chi connectivity index (χ1) is 8.08. The standard InChI is InChI=1S/C12H22N4O/c1-4-10(7-13)12(17)14-8-11-9-15(2)5-6-16(11)3/h10-11H,4-6,8-9H2,1-3H3,(H,14,17). The molecule has 1 amide bonds. The smallest absolute Gasteiger partial charge is 0.237 e. The summed E-state index contributed by atoms with van der Waals surface area (Å²) in [5, 5.41) is 11.7. The summed E-state index contributed by atoms with van der Waals surface area (Å²) in [6.07, 6.45) is 0.572. The molecular weight excluding hydrogens is 216 g/mol. The Morgan fingerprint density at radius 3 is 2.82 bits per heavy atom. The number of carbonyl (C=O) groups is 1. The van der Waals surface area contributed by atoms with E-state index in [1.165, 1.54) is 0 Å². The predicted octanol–water partition coefficient (Wildman–Crippen LogP) is -0.102. The summed E-state index contributed by atoms with van der Waals surface area (Å²) < 4.78 is 0. The number of nitrogens with zero attached hydrogens (tertiary/aromatic N) is 3. The number of rotatable bonds is 4. The van der Waals surface area contributed by atoms with Gasteiger partial charge in [-0.25, -0.2) is 0 Å². The molecule has 5 heteroatoms. The molecule has 1 aliphatic heterocycles. The van der Waals surface area contributed by atoms with Gasteiger partial charge in [0.1, 0.15) is 5.92 Å². The fourth-order valence-electron chi connectivity index (χ4n) is 2.00. The molecule has 0 aromatic heterocycles. The second-order valence-corrected chi connectivity index (χ2v) is 4.73. The minimum atomic E-state index is -0.512. The lowest BCUT2D eigenvalue weighted by Crippen LogP contribution is -2.54. The topological polar surface area (TPSA) is 59.4 Å². The van der Waals surface area contributed by atoms with Crippen LogP contribution in [0.3, 0.4) is 0 Å². The highest BCUT2D eigenvalue weighted by atomic mass is 16.1. The van der Waals surface area contributed by atoms with Crippen LogP contribution in [-0.2, 0) is 4.79 Å². The third-order valence-electron chi connectivity index (χ3n) is 3.37. The number of nitriles is 1. The summed E-state index contributed by atoms with van der Waals surface area (Å²) in [7, 11) is 4.16. The van der Waals surface area contributed by atoms with Gasteiger partial charge in [0.15, 0.2) is 0 Å². The van der Waals surface area contributed by atoms with Crippen LogP contribution in [0.2, 0.25) is 0 Å². The first kappa shape index (κ1) is 13.9. The van der Waals surface area contributed by atoms with Crippen LogP contribution >= 0.6 is 0 Å². The summed E-state index contributed by atoms with van der Waals surface area (Å²) in [5.74, 6) is -0.654. The van der Waals surface area contributed by atoms with Crippen molar-refractivity contribution >= 4 is 5.91 Å². The van der Waals surface area contributed by atoms with Crippen molar-refractivity contribution in [1.82, 2.24) is 15.1 Å². The maximum absolute atomic E-state index is 11.7. The van der Waals surface area contributed by atoms with Gasteiger partial charge in [-0.05, 0) is 20.5 Å². The van der Waals surface area contributed by atoms with Crippen LogP contribution in [0.15, 0.2) is 0 Å². The second kappa shape index (κ2) is 6.58. The molecule has 96 valence electrons. The zero-order valence-corrected chi connectivity index (χ0v) is 10.9. The van der Waals surface area contributed by atoms with Gasteiger partial charge in [0.05, 0.1) is 6.07 Å². The molecule has 2 atom stereocenters. The highest BCUT2D eigenvalue weighted by Gasteiger charge is 2.23. The number of piperazine rings is 1. The molecule has 0 aromatic carbocycles. The molecule has 17 heavy (non-hydrogen) atoms. The van der Waals surface area contributed by atoms with Gasteiger partial charge in [0, 0.05) is 32.2 Å². The molecule has 5 nitrogen and oxygen atoms in total. The summed E-state index contributed by atoms with van der Waals surface area (Å²) >= 11 is 0. The van der Waals surface area contributed by atoms with Crippen molar-refractivity contribution in [2.75, 3.05) is 40.3 Å². The van der Waals surface area contributed by atoms with Gasteiger partial charge in [0.2, 0.25) is 5.91 Å². The number of nitrogens with one attached hydrogen (secondary N) is 1. The Hall–Kier alpha value is -1.12. The van der Waals surface area contributed by atoms with Crippen LogP contribution in [0.1, 0.15) is 13.3 Å². The van der Waals surface area contributed by atoms with Gasteiger partial charge < -0.3 is 10.2 Å². The molecular formula is C12H22N4O. The lowest BCUT2D eigenvalue weighted by Gasteiger charge is -2.37. The molecule has 1 heterocycles. The van der Waals surface area contributed by atoms with E-state index in [2.05, 4.69) is 29.2 Å². The fourth-order valence-corrected chi connectivity index (χ4v) is 2.00. The molecule has 1 aliphatic rings. The van der Waals surface area contributed by atoms with E-state index in [0.29, 0.717) is 19.0 Å². The molecule has 0 aromatic rings. The van der Waals surface area contributed by atoms with Crippen LogP contribution in [0, 0.1) is 17.2 Å². The predicted molar refractivity (Wildman–Crippen MR) is 66.3 cm³/mol. The zero-order chi connectivity index (χ0) is 12.8. The third kappa shape index (κ3) is 3.99. The number of amides is 1. The highest BCUT2D eigenvalue weighted by Crippen LogP contribution is 2.06. The van der Waals surface area contributed by atoms with Gasteiger partial charge >= 0.3 is 0 Å². The van der Waals surface area contributed by atoms with Crippen LogP contribution in [0.4, 0.5) is 0 Å². The van der Waals surface area contributed by atoms with Crippen LogP contribution in [-0.4, -0.2) is 62.0 Å². The molecule has 1 rings (SSSR count). The molecule has 0 saturated carbocycles. The molecule has 1 fully saturated rings. The molecule has 1 N–H and O–H groups in total. The molecule has 0 aliphatic carbocycles. The van der Waals surface area contributed by atoms with Gasteiger partial charge in [-0.3, -0.25) is 9.69 Å². The molecule has 1 saturated heterocycles. The zero-order valence-electron chi connectivity index (χ0n) is 10.9. The number of hydrogen-bond donors (Lipinski definition) is 1. The van der Waals surface area contributed by atoms with Crippen molar-refractivity contribution in [2.45, 2.75) is 19.4 Å². The summed E-state index contributed by atoms with van der Waals surface area (Å²) in [4.78, 5) is 16.2. The van der Waals surface area contributed by atoms with E-state index in [0.717, 1.165) is 19.6 Å². The van der Waals surface area contributed by atoms with Crippen molar-refractivity contribution in [2.24, 2.45) is 5.92 Å². The third-order valence-corrected chi connectivity index (χ3v) is 3.37. The monoisotopic (exact) mass is 238 g/mol. The lowest BCUT2D eigenvalue weighted by atomic mass is 10.1. The van der Waals surface area contributed by atoms with Crippen LogP contribution in [0.5, 0.6) is 0 Å². The number of hydrogen-bond acceptors (Lipinski definition) is 4. The Bertz CT molecular complexity index is 299. The highest BCUT2D eigenvalue weighted by molar-refractivity contribution is 5.80. The van der Waals surface area contributed by atoms with Crippen molar-refractivity contribution in [3.05, 3.63) is 0 Å². The fraction of sp³-hybridized carbons (Fsp3) is 0.833. The summed E-state index contributed by atoms with van der Waals surface area (Å²) in [5.41, 5.74) is 0. The van der Waals surface area contributed by atoms with E-state index >= 15 is 0 Å². The van der Waals surface area contributed by atoms with E-state index < -0.39 is 5.92 Å². The largest absolute Gasteiger partial charge is 0.353 e.